The molecule has 0 radical (unpaired) electrons. The number of nitrogen functional groups attached to an aromatic ring is 1. The first-order valence-electron chi connectivity index (χ1n) is 8.82. The van der Waals surface area contributed by atoms with E-state index < -0.39 is 15.9 Å². The molecule has 2 aromatic carbocycles. The molecule has 1 saturated heterocycles. The highest BCUT2D eigenvalue weighted by atomic mass is 32.2. The lowest BCUT2D eigenvalue weighted by Gasteiger charge is -2.26. The quantitative estimate of drug-likeness (QED) is 0.663. The molecule has 2 aromatic rings. The Morgan fingerprint density at radius 1 is 1.07 bits per heavy atom. The smallest absolute Gasteiger partial charge is 0.257 e. The van der Waals surface area contributed by atoms with Gasteiger partial charge in [-0.2, -0.15) is 0 Å². The van der Waals surface area contributed by atoms with E-state index in [1.165, 1.54) is 18.2 Å². The molecule has 0 saturated carbocycles. The number of nitrogens with two attached hydrogens (primary N) is 1. The Balaban J connectivity index is 1.70. The van der Waals surface area contributed by atoms with Gasteiger partial charge in [-0.25, -0.2) is 8.42 Å². The van der Waals surface area contributed by atoms with Crippen molar-refractivity contribution in [2.45, 2.75) is 19.3 Å². The number of nitrogens with zero attached hydrogens (tertiary/aromatic N) is 1. The topological polar surface area (TPSA) is 122 Å². The van der Waals surface area contributed by atoms with Gasteiger partial charge >= 0.3 is 0 Å². The van der Waals surface area contributed by atoms with E-state index >= 15 is 0 Å². The average molecular weight is 402 g/mol. The fourth-order valence-corrected chi connectivity index (χ4v) is 3.60. The number of sulfonamides is 1. The van der Waals surface area contributed by atoms with E-state index in [4.69, 9.17) is 5.73 Å². The van der Waals surface area contributed by atoms with Gasteiger partial charge in [0.1, 0.15) is 0 Å². The van der Waals surface area contributed by atoms with Gasteiger partial charge in [0, 0.05) is 30.0 Å². The molecule has 0 bridgehead atoms. The molecule has 2 amide bonds. The molecule has 3 rings (SSSR count). The number of rotatable bonds is 5. The second-order valence-corrected chi connectivity index (χ2v) is 8.43. The van der Waals surface area contributed by atoms with Crippen LogP contribution < -0.4 is 20.7 Å². The van der Waals surface area contributed by atoms with Gasteiger partial charge in [-0.3, -0.25) is 14.3 Å². The van der Waals surface area contributed by atoms with Gasteiger partial charge in [-0.05, 0) is 55.3 Å². The van der Waals surface area contributed by atoms with Gasteiger partial charge in [0.2, 0.25) is 15.9 Å². The van der Waals surface area contributed by atoms with Crippen molar-refractivity contribution in [3.63, 3.8) is 0 Å². The van der Waals surface area contributed by atoms with Gasteiger partial charge < -0.3 is 16.0 Å². The molecule has 0 aliphatic carbocycles. The van der Waals surface area contributed by atoms with Gasteiger partial charge in [0.05, 0.1) is 17.5 Å². The molecular weight excluding hydrogens is 380 g/mol. The maximum atomic E-state index is 12.5. The van der Waals surface area contributed by atoms with Crippen LogP contribution in [0.2, 0.25) is 0 Å². The molecule has 0 spiro atoms. The summed E-state index contributed by atoms with van der Waals surface area (Å²) < 4.78 is 24.9. The van der Waals surface area contributed by atoms with E-state index in [0.717, 1.165) is 24.8 Å². The third-order valence-corrected chi connectivity index (χ3v) is 4.97. The molecule has 0 aromatic heterocycles. The van der Waals surface area contributed by atoms with Crippen LogP contribution in [0.5, 0.6) is 0 Å². The zero-order chi connectivity index (χ0) is 20.3. The Morgan fingerprint density at radius 3 is 2.36 bits per heavy atom. The minimum Gasteiger partial charge on any atom is -0.398 e. The molecule has 9 heteroatoms. The minimum atomic E-state index is -3.43. The molecule has 28 heavy (non-hydrogen) atoms. The van der Waals surface area contributed by atoms with Crippen molar-refractivity contribution in [3.05, 3.63) is 48.0 Å². The van der Waals surface area contributed by atoms with Crippen molar-refractivity contribution in [2.75, 3.05) is 33.5 Å². The lowest BCUT2D eigenvalue weighted by molar-refractivity contribution is -0.119. The van der Waals surface area contributed by atoms with Crippen LogP contribution in [0, 0.1) is 0 Å². The molecule has 1 fully saturated rings. The summed E-state index contributed by atoms with van der Waals surface area (Å²) in [5.41, 5.74) is 7.93. The van der Waals surface area contributed by atoms with Crippen molar-refractivity contribution >= 4 is 44.6 Å². The van der Waals surface area contributed by atoms with Gasteiger partial charge in [0.25, 0.3) is 5.91 Å². The predicted octanol–water partition coefficient (Wildman–Crippen LogP) is 2.41. The molecule has 148 valence electrons. The number of carbonyl (C=O) groups excluding carboxylic acids is 2. The lowest BCUT2D eigenvalue weighted by atomic mass is 10.1. The van der Waals surface area contributed by atoms with Gasteiger partial charge in [-0.1, -0.05) is 0 Å². The Morgan fingerprint density at radius 2 is 1.75 bits per heavy atom. The zero-order valence-electron chi connectivity index (χ0n) is 15.4. The van der Waals surface area contributed by atoms with Crippen molar-refractivity contribution in [1.29, 1.82) is 0 Å². The summed E-state index contributed by atoms with van der Waals surface area (Å²) in [5, 5.41) is 2.75. The molecule has 4 N–H and O–H groups in total. The number of piperidine rings is 1. The van der Waals surface area contributed by atoms with Crippen LogP contribution in [-0.4, -0.2) is 33.0 Å². The first-order chi connectivity index (χ1) is 13.2. The fourth-order valence-electron chi connectivity index (χ4n) is 3.05. The van der Waals surface area contributed by atoms with Crippen LogP contribution in [0.25, 0.3) is 0 Å². The summed E-state index contributed by atoms with van der Waals surface area (Å²) in [7, 11) is -3.43. The molecule has 1 aliphatic heterocycles. The normalized spacial score (nSPS) is 14.6. The Hall–Kier alpha value is -3.07. The molecular formula is C19H22N4O4S. The lowest BCUT2D eigenvalue weighted by Crippen LogP contribution is -2.35. The molecule has 0 unspecified atom stereocenters. The largest absolute Gasteiger partial charge is 0.398 e. The highest BCUT2D eigenvalue weighted by Crippen LogP contribution is 2.24. The summed E-state index contributed by atoms with van der Waals surface area (Å²) >= 11 is 0. The summed E-state index contributed by atoms with van der Waals surface area (Å²) in [6.45, 7) is 0.703. The van der Waals surface area contributed by atoms with E-state index in [2.05, 4.69) is 10.0 Å². The fraction of sp³-hybridized carbons (Fsp3) is 0.263. The van der Waals surface area contributed by atoms with Crippen molar-refractivity contribution in [2.24, 2.45) is 0 Å². The number of benzene rings is 2. The van der Waals surface area contributed by atoms with E-state index in [0.29, 0.717) is 18.7 Å². The summed E-state index contributed by atoms with van der Waals surface area (Å²) in [6, 6.07) is 11.4. The molecule has 8 nitrogen and oxygen atoms in total. The summed E-state index contributed by atoms with van der Waals surface area (Å²) in [6.07, 6.45) is 3.49. The van der Waals surface area contributed by atoms with Crippen LogP contribution in [-0.2, 0) is 14.8 Å². The highest BCUT2D eigenvalue weighted by molar-refractivity contribution is 7.92. The number of anilines is 4. The third-order valence-electron chi connectivity index (χ3n) is 4.36. The van der Waals surface area contributed by atoms with E-state index in [-0.39, 0.29) is 22.8 Å². The number of carbonyl (C=O) groups is 2. The van der Waals surface area contributed by atoms with Crippen LogP contribution in [0.4, 0.5) is 22.7 Å². The van der Waals surface area contributed by atoms with Crippen LogP contribution in [0.1, 0.15) is 29.6 Å². The van der Waals surface area contributed by atoms with E-state index in [1.807, 2.05) is 0 Å². The Kier molecular flexibility index (Phi) is 5.55. The van der Waals surface area contributed by atoms with Gasteiger partial charge in [-0.15, -0.1) is 0 Å². The van der Waals surface area contributed by atoms with Gasteiger partial charge in [0.15, 0.2) is 0 Å². The van der Waals surface area contributed by atoms with Crippen molar-refractivity contribution in [1.82, 2.24) is 0 Å². The monoisotopic (exact) mass is 402 g/mol. The molecule has 1 aliphatic rings. The number of amides is 2. The van der Waals surface area contributed by atoms with Crippen molar-refractivity contribution < 1.29 is 18.0 Å². The van der Waals surface area contributed by atoms with Crippen LogP contribution in [0.15, 0.2) is 42.5 Å². The average Bonchev–Trinajstić information content (AvgIpc) is 2.61. The second kappa shape index (κ2) is 7.89. The van der Waals surface area contributed by atoms with Crippen LogP contribution >= 0.6 is 0 Å². The SMILES string of the molecule is CS(=O)(=O)Nc1ccc(C(=O)Nc2ccc(N3CCCCC3=O)cc2)c(N)c1. The standard InChI is InChI=1S/C19H22N4O4S/c1-28(26,27)22-14-7-10-16(17(20)12-14)19(25)21-13-5-8-15(9-6-13)23-11-3-2-4-18(23)24/h5-10,12,22H,2-4,11,20H2,1H3,(H,21,25). The second-order valence-electron chi connectivity index (χ2n) is 6.68. The highest BCUT2D eigenvalue weighted by Gasteiger charge is 2.19. The maximum absolute atomic E-state index is 12.5. The first-order valence-corrected chi connectivity index (χ1v) is 10.7. The number of nitrogens with one attached hydrogen (secondary N) is 2. The Bertz CT molecular complexity index is 1000. The van der Waals surface area contributed by atoms with E-state index in [1.54, 1.807) is 29.2 Å². The Labute approximate surface area is 163 Å². The van der Waals surface area contributed by atoms with Crippen molar-refractivity contribution in [3.8, 4) is 0 Å². The molecule has 1 heterocycles. The summed E-state index contributed by atoms with van der Waals surface area (Å²) in [5.74, 6) is -0.302. The first kappa shape index (κ1) is 19.7. The molecule has 0 atom stereocenters. The zero-order valence-corrected chi connectivity index (χ0v) is 16.3. The predicted molar refractivity (Wildman–Crippen MR) is 110 cm³/mol. The number of hydrogen-bond acceptors (Lipinski definition) is 5. The minimum absolute atomic E-state index is 0.110. The summed E-state index contributed by atoms with van der Waals surface area (Å²) in [4.78, 5) is 26.2. The van der Waals surface area contributed by atoms with Crippen LogP contribution in [0.3, 0.4) is 0 Å². The third kappa shape index (κ3) is 4.80. The maximum Gasteiger partial charge on any atom is 0.257 e. The number of hydrogen-bond donors (Lipinski definition) is 3. The van der Waals surface area contributed by atoms with E-state index in [9.17, 15) is 18.0 Å².